The van der Waals surface area contributed by atoms with E-state index >= 15 is 0 Å². The molecule has 128 valence electrons. The van der Waals surface area contributed by atoms with E-state index in [-0.39, 0.29) is 18.4 Å². The van der Waals surface area contributed by atoms with E-state index in [1.165, 1.54) is 7.11 Å². The van der Waals surface area contributed by atoms with E-state index in [2.05, 4.69) is 26.6 Å². The van der Waals surface area contributed by atoms with Gasteiger partial charge in [0.15, 0.2) is 11.5 Å². The summed E-state index contributed by atoms with van der Waals surface area (Å²) in [5.74, 6) is 0.465. The summed E-state index contributed by atoms with van der Waals surface area (Å²) in [6, 6.07) is 3.24. The lowest BCUT2D eigenvalue weighted by Crippen LogP contribution is -2.37. The number of hydrogen-bond acceptors (Lipinski definition) is 4. The van der Waals surface area contributed by atoms with Gasteiger partial charge in [-0.2, -0.15) is 0 Å². The fraction of sp³-hybridized carbons (Fsp3) is 0.500. The lowest BCUT2D eigenvalue weighted by molar-refractivity contribution is -0.120. The summed E-state index contributed by atoms with van der Waals surface area (Å²) in [5.41, 5.74) is 0.390. The normalized spacial score (nSPS) is 10.1. The van der Waals surface area contributed by atoms with E-state index in [0.717, 1.165) is 12.8 Å². The van der Waals surface area contributed by atoms with E-state index in [0.29, 0.717) is 34.7 Å². The van der Waals surface area contributed by atoms with Gasteiger partial charge in [-0.05, 0) is 40.9 Å². The number of carbonyl (C=O) groups excluding carboxylic acids is 2. The van der Waals surface area contributed by atoms with Crippen molar-refractivity contribution in [2.24, 2.45) is 0 Å². The number of rotatable bonds is 9. The fourth-order valence-corrected chi connectivity index (χ4v) is 2.34. The van der Waals surface area contributed by atoms with Gasteiger partial charge in [0.2, 0.25) is 5.91 Å². The van der Waals surface area contributed by atoms with Crippen LogP contribution in [0.25, 0.3) is 0 Å². The van der Waals surface area contributed by atoms with E-state index in [4.69, 9.17) is 9.47 Å². The summed E-state index contributed by atoms with van der Waals surface area (Å²) in [6.07, 6.45) is 1.72. The van der Waals surface area contributed by atoms with Crippen molar-refractivity contribution in [3.8, 4) is 11.5 Å². The van der Waals surface area contributed by atoms with Crippen LogP contribution in [-0.2, 0) is 4.79 Å². The SMILES string of the molecule is CCCNC(=O)CNC(=O)c1cc(Br)c(OCCC)c(OC)c1. The summed E-state index contributed by atoms with van der Waals surface area (Å²) in [5, 5.41) is 5.28. The predicted molar refractivity (Wildman–Crippen MR) is 92.1 cm³/mol. The third kappa shape index (κ3) is 6.09. The van der Waals surface area contributed by atoms with Crippen LogP contribution in [0.5, 0.6) is 11.5 Å². The summed E-state index contributed by atoms with van der Waals surface area (Å²) in [7, 11) is 1.51. The minimum Gasteiger partial charge on any atom is -0.493 e. The van der Waals surface area contributed by atoms with Gasteiger partial charge in [0.25, 0.3) is 5.91 Å². The van der Waals surface area contributed by atoms with Crippen molar-refractivity contribution >= 4 is 27.7 Å². The Balaban J connectivity index is 2.77. The average Bonchev–Trinajstić information content (AvgIpc) is 2.55. The highest BCUT2D eigenvalue weighted by Crippen LogP contribution is 2.36. The van der Waals surface area contributed by atoms with Crippen LogP contribution >= 0.6 is 15.9 Å². The second-order valence-electron chi connectivity index (χ2n) is 4.87. The molecule has 0 bridgehead atoms. The molecular weight excluding hydrogens is 364 g/mol. The van der Waals surface area contributed by atoms with E-state index in [9.17, 15) is 9.59 Å². The third-order valence-electron chi connectivity index (χ3n) is 2.92. The molecule has 0 aliphatic rings. The average molecular weight is 387 g/mol. The van der Waals surface area contributed by atoms with Crippen molar-refractivity contribution in [1.29, 1.82) is 0 Å². The molecule has 0 saturated carbocycles. The number of methoxy groups -OCH3 is 1. The lowest BCUT2D eigenvalue weighted by Gasteiger charge is -2.14. The van der Waals surface area contributed by atoms with Gasteiger partial charge in [-0.15, -0.1) is 0 Å². The van der Waals surface area contributed by atoms with Crippen LogP contribution < -0.4 is 20.1 Å². The molecule has 0 fully saturated rings. The molecule has 7 heteroatoms. The van der Waals surface area contributed by atoms with E-state index in [1.54, 1.807) is 12.1 Å². The number of ether oxygens (including phenoxy) is 2. The molecule has 0 spiro atoms. The molecule has 2 amide bonds. The van der Waals surface area contributed by atoms with Crippen LogP contribution in [0.1, 0.15) is 37.0 Å². The molecule has 6 nitrogen and oxygen atoms in total. The Morgan fingerprint density at radius 1 is 1.17 bits per heavy atom. The van der Waals surface area contributed by atoms with Crippen molar-refractivity contribution in [3.05, 3.63) is 22.2 Å². The molecule has 0 heterocycles. The first kappa shape index (κ1) is 19.3. The van der Waals surface area contributed by atoms with Crippen LogP contribution in [0.3, 0.4) is 0 Å². The Hall–Kier alpha value is -1.76. The number of halogens is 1. The van der Waals surface area contributed by atoms with E-state index < -0.39 is 0 Å². The fourth-order valence-electron chi connectivity index (χ4n) is 1.78. The molecule has 2 N–H and O–H groups in total. The standard InChI is InChI=1S/C16H23BrN2O4/c1-4-6-18-14(20)10-19-16(21)11-8-12(17)15(23-7-5-2)13(9-11)22-3/h8-9H,4-7,10H2,1-3H3,(H,18,20)(H,19,21). The predicted octanol–water partition coefficient (Wildman–Crippen LogP) is 2.50. The highest BCUT2D eigenvalue weighted by atomic mass is 79.9. The molecule has 0 unspecified atom stereocenters. The monoisotopic (exact) mass is 386 g/mol. The zero-order valence-electron chi connectivity index (χ0n) is 13.7. The van der Waals surface area contributed by atoms with Crippen molar-refractivity contribution in [2.75, 3.05) is 26.8 Å². The second-order valence-corrected chi connectivity index (χ2v) is 5.72. The zero-order chi connectivity index (χ0) is 17.2. The van der Waals surface area contributed by atoms with Gasteiger partial charge in [0, 0.05) is 12.1 Å². The zero-order valence-corrected chi connectivity index (χ0v) is 15.3. The van der Waals surface area contributed by atoms with Gasteiger partial charge < -0.3 is 20.1 Å². The van der Waals surface area contributed by atoms with Crippen molar-refractivity contribution in [3.63, 3.8) is 0 Å². The molecule has 1 aromatic rings. The Kier molecular flexibility index (Phi) is 8.47. The number of nitrogens with one attached hydrogen (secondary N) is 2. The van der Waals surface area contributed by atoms with E-state index in [1.807, 2.05) is 13.8 Å². The number of carbonyl (C=O) groups is 2. The van der Waals surface area contributed by atoms with Gasteiger partial charge in [-0.3, -0.25) is 9.59 Å². The highest BCUT2D eigenvalue weighted by molar-refractivity contribution is 9.10. The number of benzene rings is 1. The smallest absolute Gasteiger partial charge is 0.251 e. The maximum absolute atomic E-state index is 12.2. The minimum absolute atomic E-state index is 0.0626. The largest absolute Gasteiger partial charge is 0.493 e. The van der Waals surface area contributed by atoms with Gasteiger partial charge in [0.05, 0.1) is 24.7 Å². The molecule has 0 saturated heterocycles. The Morgan fingerprint density at radius 2 is 1.91 bits per heavy atom. The highest BCUT2D eigenvalue weighted by Gasteiger charge is 2.16. The molecule has 0 radical (unpaired) electrons. The van der Waals surface area contributed by atoms with Crippen molar-refractivity contribution < 1.29 is 19.1 Å². The van der Waals surface area contributed by atoms with Crippen molar-refractivity contribution in [2.45, 2.75) is 26.7 Å². The first-order valence-corrected chi connectivity index (χ1v) is 8.37. The Labute approximate surface area is 145 Å². The maximum Gasteiger partial charge on any atom is 0.251 e. The van der Waals surface area contributed by atoms with Crippen LogP contribution in [0.2, 0.25) is 0 Å². The molecule has 1 aromatic carbocycles. The third-order valence-corrected chi connectivity index (χ3v) is 3.51. The van der Waals surface area contributed by atoms with Gasteiger partial charge in [0.1, 0.15) is 0 Å². The van der Waals surface area contributed by atoms with Crippen LogP contribution in [0.4, 0.5) is 0 Å². The molecule has 0 aliphatic carbocycles. The number of hydrogen-bond donors (Lipinski definition) is 2. The minimum atomic E-state index is -0.349. The molecule has 0 aliphatic heterocycles. The van der Waals surface area contributed by atoms with Crippen LogP contribution in [0, 0.1) is 0 Å². The second kappa shape index (κ2) is 10.1. The Bertz CT molecular complexity index is 549. The van der Waals surface area contributed by atoms with Gasteiger partial charge >= 0.3 is 0 Å². The summed E-state index contributed by atoms with van der Waals surface area (Å²) in [4.78, 5) is 23.7. The first-order valence-electron chi connectivity index (χ1n) is 7.58. The van der Waals surface area contributed by atoms with Crippen LogP contribution in [-0.4, -0.2) is 38.6 Å². The Morgan fingerprint density at radius 3 is 2.52 bits per heavy atom. The van der Waals surface area contributed by atoms with Crippen LogP contribution in [0.15, 0.2) is 16.6 Å². The summed E-state index contributed by atoms with van der Waals surface area (Å²) in [6.45, 7) is 5.05. The molecule has 0 aromatic heterocycles. The summed E-state index contributed by atoms with van der Waals surface area (Å²) >= 11 is 3.39. The molecule has 23 heavy (non-hydrogen) atoms. The summed E-state index contributed by atoms with van der Waals surface area (Å²) < 4.78 is 11.5. The molecule has 0 atom stereocenters. The van der Waals surface area contributed by atoms with Gasteiger partial charge in [-0.25, -0.2) is 0 Å². The number of amides is 2. The quantitative estimate of drug-likeness (QED) is 0.683. The maximum atomic E-state index is 12.2. The molecular formula is C16H23BrN2O4. The topological polar surface area (TPSA) is 76.7 Å². The lowest BCUT2D eigenvalue weighted by atomic mass is 10.2. The van der Waals surface area contributed by atoms with Gasteiger partial charge in [-0.1, -0.05) is 13.8 Å². The molecule has 1 rings (SSSR count). The van der Waals surface area contributed by atoms with Crippen molar-refractivity contribution in [1.82, 2.24) is 10.6 Å². The first-order chi connectivity index (χ1) is 11.0.